The van der Waals surface area contributed by atoms with Crippen LogP contribution in [0.25, 0.3) is 5.69 Å². The molecule has 0 spiro atoms. The van der Waals surface area contributed by atoms with Crippen molar-refractivity contribution in [1.82, 2.24) is 14.9 Å². The van der Waals surface area contributed by atoms with Gasteiger partial charge in [0.1, 0.15) is 11.6 Å². The van der Waals surface area contributed by atoms with E-state index in [9.17, 15) is 9.18 Å². The number of rotatable bonds is 8. The van der Waals surface area contributed by atoms with Gasteiger partial charge in [0.15, 0.2) is 11.7 Å². The zero-order chi connectivity index (χ0) is 29.9. The lowest BCUT2D eigenvalue weighted by Gasteiger charge is -2.28. The lowest BCUT2D eigenvalue weighted by atomic mass is 9.96. The molecule has 1 aliphatic heterocycles. The smallest absolute Gasteiger partial charge is 0.262 e. The van der Waals surface area contributed by atoms with Gasteiger partial charge >= 0.3 is 0 Å². The van der Waals surface area contributed by atoms with Crippen LogP contribution in [-0.4, -0.2) is 27.2 Å². The summed E-state index contributed by atoms with van der Waals surface area (Å²) in [7, 11) is 0. The first kappa shape index (κ1) is 28.1. The van der Waals surface area contributed by atoms with Crippen LogP contribution >= 0.6 is 12.2 Å². The van der Waals surface area contributed by atoms with E-state index in [4.69, 9.17) is 17.0 Å². The SMILES string of the molecule is Cc1cc([C@H]2[C@@H](c3ccccn3)NC(=S)N2c2ccc(NC(=O)COc3ccccc3)cc2)c(C)n1-c1cccc(F)c1. The highest BCUT2D eigenvalue weighted by Crippen LogP contribution is 2.44. The van der Waals surface area contributed by atoms with Crippen LogP contribution in [0.15, 0.2) is 109 Å². The average molecular weight is 592 g/mol. The maximum atomic E-state index is 14.2. The van der Waals surface area contributed by atoms with Gasteiger partial charge in [-0.25, -0.2) is 4.39 Å². The molecule has 0 unspecified atom stereocenters. The summed E-state index contributed by atoms with van der Waals surface area (Å²) < 4.78 is 21.8. The van der Waals surface area contributed by atoms with Gasteiger partial charge in [0.2, 0.25) is 0 Å². The topological polar surface area (TPSA) is 71.4 Å². The highest BCUT2D eigenvalue weighted by molar-refractivity contribution is 7.80. The quantitative estimate of drug-likeness (QED) is 0.193. The summed E-state index contributed by atoms with van der Waals surface area (Å²) in [6.07, 6.45) is 1.77. The first-order valence-corrected chi connectivity index (χ1v) is 14.3. The van der Waals surface area contributed by atoms with E-state index in [0.717, 1.165) is 34.0 Å². The fourth-order valence-electron chi connectivity index (χ4n) is 5.62. The molecule has 1 saturated heterocycles. The predicted molar refractivity (Wildman–Crippen MR) is 170 cm³/mol. The van der Waals surface area contributed by atoms with Crippen molar-refractivity contribution in [2.24, 2.45) is 0 Å². The third-order valence-electron chi connectivity index (χ3n) is 7.50. The van der Waals surface area contributed by atoms with E-state index in [1.54, 1.807) is 24.4 Å². The third kappa shape index (κ3) is 5.85. The Kier molecular flexibility index (Phi) is 7.89. The second-order valence-corrected chi connectivity index (χ2v) is 10.7. The molecule has 0 aliphatic carbocycles. The Hall–Kier alpha value is -5.02. The minimum atomic E-state index is -0.290. The summed E-state index contributed by atoms with van der Waals surface area (Å²) in [5.41, 5.74) is 6.11. The van der Waals surface area contributed by atoms with E-state index >= 15 is 0 Å². The minimum absolute atomic E-state index is 0.0966. The molecule has 216 valence electrons. The highest BCUT2D eigenvalue weighted by Gasteiger charge is 2.42. The van der Waals surface area contributed by atoms with Crippen LogP contribution in [0.5, 0.6) is 5.75 Å². The Morgan fingerprint density at radius 2 is 1.72 bits per heavy atom. The Bertz CT molecular complexity index is 1760. The Balaban J connectivity index is 1.31. The van der Waals surface area contributed by atoms with Gasteiger partial charge in [-0.1, -0.05) is 30.3 Å². The summed E-state index contributed by atoms with van der Waals surface area (Å²) in [5.74, 6) is 0.0863. The van der Waals surface area contributed by atoms with E-state index in [0.29, 0.717) is 16.5 Å². The number of nitrogens with one attached hydrogen (secondary N) is 2. The molecule has 2 N–H and O–H groups in total. The molecule has 1 fully saturated rings. The zero-order valence-corrected chi connectivity index (χ0v) is 24.5. The number of ether oxygens (including phenoxy) is 1. The van der Waals surface area contributed by atoms with E-state index in [1.165, 1.54) is 12.1 Å². The van der Waals surface area contributed by atoms with Crippen LogP contribution in [0.4, 0.5) is 15.8 Å². The lowest BCUT2D eigenvalue weighted by Crippen LogP contribution is -2.29. The number of anilines is 2. The van der Waals surface area contributed by atoms with Crippen LogP contribution < -0.4 is 20.3 Å². The number of halogens is 1. The van der Waals surface area contributed by atoms with E-state index in [-0.39, 0.29) is 30.4 Å². The molecule has 0 saturated carbocycles. The van der Waals surface area contributed by atoms with Gasteiger partial charge in [-0.3, -0.25) is 9.78 Å². The molecule has 5 aromatic rings. The van der Waals surface area contributed by atoms with Gasteiger partial charge in [-0.15, -0.1) is 0 Å². The van der Waals surface area contributed by atoms with Gasteiger partial charge in [-0.2, -0.15) is 0 Å². The molecule has 43 heavy (non-hydrogen) atoms. The molecule has 1 aliphatic rings. The molecular formula is C34H30FN5O2S. The molecule has 0 bridgehead atoms. The average Bonchev–Trinajstić information content (AvgIpc) is 3.52. The number of para-hydroxylation sites is 1. The number of amides is 1. The zero-order valence-electron chi connectivity index (χ0n) is 23.7. The molecule has 3 heterocycles. The van der Waals surface area contributed by atoms with Crippen molar-refractivity contribution in [3.8, 4) is 11.4 Å². The van der Waals surface area contributed by atoms with Crippen molar-refractivity contribution in [3.63, 3.8) is 0 Å². The first-order valence-electron chi connectivity index (χ1n) is 13.9. The summed E-state index contributed by atoms with van der Waals surface area (Å²) >= 11 is 5.90. The van der Waals surface area contributed by atoms with Gasteiger partial charge in [0.25, 0.3) is 5.91 Å². The first-order chi connectivity index (χ1) is 20.9. The van der Waals surface area contributed by atoms with Gasteiger partial charge in [0.05, 0.1) is 17.8 Å². The van der Waals surface area contributed by atoms with Crippen molar-refractivity contribution in [1.29, 1.82) is 0 Å². The third-order valence-corrected chi connectivity index (χ3v) is 7.81. The van der Waals surface area contributed by atoms with Gasteiger partial charge in [0, 0.05) is 34.6 Å². The van der Waals surface area contributed by atoms with Crippen LogP contribution in [0, 0.1) is 19.7 Å². The maximum Gasteiger partial charge on any atom is 0.262 e. The van der Waals surface area contributed by atoms with Gasteiger partial charge < -0.3 is 24.8 Å². The highest BCUT2D eigenvalue weighted by atomic mass is 32.1. The number of carbonyl (C=O) groups is 1. The number of thiocarbonyl (C=S) groups is 1. The van der Waals surface area contributed by atoms with Crippen molar-refractivity contribution < 1.29 is 13.9 Å². The number of pyridine rings is 1. The van der Waals surface area contributed by atoms with E-state index < -0.39 is 0 Å². The number of hydrogen-bond acceptors (Lipinski definition) is 4. The van der Waals surface area contributed by atoms with Crippen LogP contribution in [0.2, 0.25) is 0 Å². The Morgan fingerprint density at radius 3 is 2.44 bits per heavy atom. The van der Waals surface area contributed by atoms with Gasteiger partial charge in [-0.05, 0) is 104 Å². The van der Waals surface area contributed by atoms with Crippen LogP contribution in [0.3, 0.4) is 0 Å². The summed E-state index contributed by atoms with van der Waals surface area (Å²) in [4.78, 5) is 19.2. The molecule has 2 aromatic heterocycles. The largest absolute Gasteiger partial charge is 0.484 e. The van der Waals surface area contributed by atoms with Crippen molar-refractivity contribution >= 4 is 34.6 Å². The fraction of sp³-hybridized carbons (Fsp3) is 0.147. The molecule has 3 aromatic carbocycles. The predicted octanol–water partition coefficient (Wildman–Crippen LogP) is 6.82. The summed E-state index contributed by atoms with van der Waals surface area (Å²) in [6.45, 7) is 3.96. The minimum Gasteiger partial charge on any atom is -0.484 e. The second-order valence-electron chi connectivity index (χ2n) is 10.3. The maximum absolute atomic E-state index is 14.2. The Labute approximate surface area is 255 Å². The summed E-state index contributed by atoms with van der Waals surface area (Å²) in [5, 5.41) is 6.94. The number of nitrogens with zero attached hydrogens (tertiary/aromatic N) is 3. The molecule has 0 radical (unpaired) electrons. The Morgan fingerprint density at radius 1 is 0.953 bits per heavy atom. The molecule has 1 amide bonds. The molecule has 2 atom stereocenters. The monoisotopic (exact) mass is 591 g/mol. The fourth-order valence-corrected chi connectivity index (χ4v) is 5.96. The molecule has 6 rings (SSSR count). The van der Waals surface area contributed by atoms with Crippen LogP contribution in [0.1, 0.15) is 34.7 Å². The normalized spacial score (nSPS) is 16.2. The number of aryl methyl sites for hydroxylation is 1. The molecule has 7 nitrogen and oxygen atoms in total. The number of hydrogen-bond donors (Lipinski definition) is 2. The number of benzene rings is 3. The molecular weight excluding hydrogens is 561 g/mol. The van der Waals surface area contributed by atoms with Crippen molar-refractivity contribution in [2.45, 2.75) is 25.9 Å². The number of carbonyl (C=O) groups excluding carboxylic acids is 1. The second kappa shape index (κ2) is 12.1. The lowest BCUT2D eigenvalue weighted by molar-refractivity contribution is -0.118. The van der Waals surface area contributed by atoms with E-state index in [1.807, 2.05) is 80.6 Å². The summed E-state index contributed by atoms with van der Waals surface area (Å²) in [6, 6.07) is 30.8. The standard InChI is InChI=1S/C34H30FN5O2S/c1-22-19-29(23(2)39(22)27-10-8-9-24(35)20-27)33-32(30-13-6-7-18-36-30)38-34(43)40(33)26-16-14-25(15-17-26)37-31(41)21-42-28-11-4-3-5-12-28/h3-20,32-33H,21H2,1-2H3,(H,37,41)(H,38,43)/t32-,33+/m1/s1. The van der Waals surface area contributed by atoms with Crippen molar-refractivity contribution in [3.05, 3.63) is 138 Å². The van der Waals surface area contributed by atoms with E-state index in [2.05, 4.69) is 31.2 Å². The molecule has 9 heteroatoms. The van der Waals surface area contributed by atoms with Crippen LogP contribution in [-0.2, 0) is 4.79 Å². The van der Waals surface area contributed by atoms with Crippen molar-refractivity contribution in [2.75, 3.05) is 16.8 Å². The number of aromatic nitrogens is 2.